The van der Waals surface area contributed by atoms with Crippen LogP contribution in [0.25, 0.3) is 0 Å². The maximum Gasteiger partial charge on any atom is 0.253 e. The molecular formula is C10H10BrFN2O2. The van der Waals surface area contributed by atoms with E-state index < -0.39 is 23.7 Å². The molecule has 0 aliphatic heterocycles. The third-order valence-corrected chi connectivity index (χ3v) is 2.61. The molecule has 0 aliphatic rings. The van der Waals surface area contributed by atoms with Crippen molar-refractivity contribution in [1.29, 1.82) is 0 Å². The Morgan fingerprint density at radius 1 is 1.50 bits per heavy atom. The summed E-state index contributed by atoms with van der Waals surface area (Å²) < 4.78 is 13.1. The van der Waals surface area contributed by atoms with Crippen LogP contribution in [0.3, 0.4) is 0 Å². The van der Waals surface area contributed by atoms with Crippen molar-refractivity contribution in [2.24, 2.45) is 5.73 Å². The molecule has 0 aliphatic carbocycles. The minimum Gasteiger partial charge on any atom is -0.368 e. The van der Waals surface area contributed by atoms with Crippen LogP contribution in [0, 0.1) is 5.82 Å². The number of primary amides is 1. The first-order chi connectivity index (χ1) is 7.41. The molecular weight excluding hydrogens is 279 g/mol. The highest BCUT2D eigenvalue weighted by atomic mass is 79.9. The van der Waals surface area contributed by atoms with Crippen LogP contribution in [0.15, 0.2) is 22.7 Å². The number of nitrogens with two attached hydrogens (primary N) is 1. The molecule has 0 bridgehead atoms. The molecule has 16 heavy (non-hydrogen) atoms. The van der Waals surface area contributed by atoms with Crippen molar-refractivity contribution in [2.45, 2.75) is 13.0 Å². The monoisotopic (exact) mass is 288 g/mol. The van der Waals surface area contributed by atoms with Crippen LogP contribution < -0.4 is 11.1 Å². The van der Waals surface area contributed by atoms with Gasteiger partial charge in [-0.25, -0.2) is 4.39 Å². The molecule has 1 aromatic rings. The maximum atomic E-state index is 12.8. The summed E-state index contributed by atoms with van der Waals surface area (Å²) in [5.74, 6) is -1.57. The van der Waals surface area contributed by atoms with Crippen LogP contribution in [-0.4, -0.2) is 17.9 Å². The van der Waals surface area contributed by atoms with E-state index in [1.807, 2.05) is 0 Å². The highest BCUT2D eigenvalue weighted by molar-refractivity contribution is 9.10. The summed E-state index contributed by atoms with van der Waals surface area (Å²) in [5, 5.41) is 2.39. The summed E-state index contributed by atoms with van der Waals surface area (Å²) in [6.07, 6.45) is 0. The van der Waals surface area contributed by atoms with Gasteiger partial charge in [-0.05, 0) is 41.1 Å². The lowest BCUT2D eigenvalue weighted by atomic mass is 10.2. The van der Waals surface area contributed by atoms with Crippen LogP contribution in [0.5, 0.6) is 0 Å². The summed E-state index contributed by atoms with van der Waals surface area (Å²) in [6, 6.07) is 2.88. The highest BCUT2D eigenvalue weighted by Gasteiger charge is 2.15. The SMILES string of the molecule is CC(NC(=O)c1ccc(F)cc1Br)C(N)=O. The second-order valence-electron chi connectivity index (χ2n) is 3.22. The minimum absolute atomic E-state index is 0.245. The molecule has 86 valence electrons. The molecule has 0 aromatic heterocycles. The Morgan fingerprint density at radius 2 is 2.12 bits per heavy atom. The first-order valence-electron chi connectivity index (χ1n) is 4.47. The van der Waals surface area contributed by atoms with Gasteiger partial charge >= 0.3 is 0 Å². The second-order valence-corrected chi connectivity index (χ2v) is 4.08. The summed E-state index contributed by atoms with van der Waals surface area (Å²) in [6.45, 7) is 1.47. The number of carbonyl (C=O) groups excluding carboxylic acids is 2. The molecule has 1 unspecified atom stereocenters. The fraction of sp³-hybridized carbons (Fsp3) is 0.200. The Hall–Kier alpha value is -1.43. The molecule has 0 saturated carbocycles. The molecule has 2 amide bonds. The van der Waals surface area contributed by atoms with E-state index in [-0.39, 0.29) is 5.56 Å². The van der Waals surface area contributed by atoms with Gasteiger partial charge in [0.2, 0.25) is 5.91 Å². The number of rotatable bonds is 3. The zero-order valence-electron chi connectivity index (χ0n) is 8.46. The lowest BCUT2D eigenvalue weighted by molar-refractivity contribution is -0.119. The fourth-order valence-corrected chi connectivity index (χ4v) is 1.55. The van der Waals surface area contributed by atoms with E-state index in [0.717, 1.165) is 6.07 Å². The quantitative estimate of drug-likeness (QED) is 0.877. The molecule has 1 atom stereocenters. The van der Waals surface area contributed by atoms with Gasteiger partial charge in [-0.1, -0.05) is 0 Å². The predicted octanol–water partition coefficient (Wildman–Crippen LogP) is 1.19. The van der Waals surface area contributed by atoms with Crippen molar-refractivity contribution in [3.63, 3.8) is 0 Å². The van der Waals surface area contributed by atoms with Crippen LogP contribution in [0.1, 0.15) is 17.3 Å². The zero-order chi connectivity index (χ0) is 12.3. The van der Waals surface area contributed by atoms with Gasteiger partial charge in [0.05, 0.1) is 5.56 Å². The number of benzene rings is 1. The fourth-order valence-electron chi connectivity index (χ4n) is 1.02. The number of nitrogens with one attached hydrogen (secondary N) is 1. The number of hydrogen-bond donors (Lipinski definition) is 2. The van der Waals surface area contributed by atoms with Gasteiger partial charge in [0.25, 0.3) is 5.91 Å². The summed E-state index contributed by atoms with van der Waals surface area (Å²) in [4.78, 5) is 22.4. The third-order valence-electron chi connectivity index (χ3n) is 1.95. The first-order valence-corrected chi connectivity index (χ1v) is 5.26. The minimum atomic E-state index is -0.774. The third kappa shape index (κ3) is 3.03. The lowest BCUT2D eigenvalue weighted by Crippen LogP contribution is -2.42. The number of hydrogen-bond acceptors (Lipinski definition) is 2. The molecule has 0 saturated heterocycles. The van der Waals surface area contributed by atoms with Crippen molar-refractivity contribution >= 4 is 27.7 Å². The average molecular weight is 289 g/mol. The summed E-state index contributed by atoms with van der Waals surface area (Å²) in [7, 11) is 0. The topological polar surface area (TPSA) is 72.2 Å². The van der Waals surface area contributed by atoms with E-state index in [4.69, 9.17) is 5.73 Å². The van der Waals surface area contributed by atoms with Crippen LogP contribution in [-0.2, 0) is 4.79 Å². The molecule has 0 fully saturated rings. The van der Waals surface area contributed by atoms with Crippen LogP contribution in [0.2, 0.25) is 0 Å². The standard InChI is InChI=1S/C10H10BrFN2O2/c1-5(9(13)15)14-10(16)7-3-2-6(12)4-8(7)11/h2-5H,1H3,(H2,13,15)(H,14,16). The van der Waals surface area contributed by atoms with Gasteiger partial charge < -0.3 is 11.1 Å². The Balaban J connectivity index is 2.85. The zero-order valence-corrected chi connectivity index (χ0v) is 10.0. The van der Waals surface area contributed by atoms with Gasteiger partial charge in [-0.2, -0.15) is 0 Å². The van der Waals surface area contributed by atoms with Crippen molar-refractivity contribution in [2.75, 3.05) is 0 Å². The van der Waals surface area contributed by atoms with Crippen LogP contribution >= 0.6 is 15.9 Å². The number of halogens is 2. The molecule has 0 spiro atoms. The normalized spacial score (nSPS) is 11.9. The van der Waals surface area contributed by atoms with Gasteiger partial charge in [-0.3, -0.25) is 9.59 Å². The smallest absolute Gasteiger partial charge is 0.253 e. The molecule has 0 radical (unpaired) electrons. The van der Waals surface area contributed by atoms with E-state index >= 15 is 0 Å². The molecule has 4 nitrogen and oxygen atoms in total. The van der Waals surface area contributed by atoms with Gasteiger partial charge in [0.15, 0.2) is 0 Å². The van der Waals surface area contributed by atoms with Crippen molar-refractivity contribution in [1.82, 2.24) is 5.32 Å². The number of amides is 2. The molecule has 1 aromatic carbocycles. The van der Waals surface area contributed by atoms with E-state index in [0.29, 0.717) is 4.47 Å². The Labute approximate surface area is 100 Å². The number of carbonyl (C=O) groups is 2. The molecule has 3 N–H and O–H groups in total. The molecule has 0 heterocycles. The first kappa shape index (κ1) is 12.6. The summed E-state index contributed by atoms with van der Waals surface area (Å²) >= 11 is 3.06. The van der Waals surface area contributed by atoms with Crippen LogP contribution in [0.4, 0.5) is 4.39 Å². The predicted molar refractivity (Wildman–Crippen MR) is 60.2 cm³/mol. The van der Waals surface area contributed by atoms with Gasteiger partial charge in [0.1, 0.15) is 11.9 Å². The van der Waals surface area contributed by atoms with Gasteiger partial charge in [0, 0.05) is 4.47 Å². The van der Waals surface area contributed by atoms with Crippen molar-refractivity contribution in [3.8, 4) is 0 Å². The Kier molecular flexibility index (Phi) is 4.00. The van der Waals surface area contributed by atoms with E-state index in [1.165, 1.54) is 19.1 Å². The summed E-state index contributed by atoms with van der Waals surface area (Å²) in [5.41, 5.74) is 5.24. The van der Waals surface area contributed by atoms with Crippen molar-refractivity contribution < 1.29 is 14.0 Å². The Morgan fingerprint density at radius 3 is 2.62 bits per heavy atom. The average Bonchev–Trinajstić information content (AvgIpc) is 2.16. The maximum absolute atomic E-state index is 12.8. The Bertz CT molecular complexity index is 437. The highest BCUT2D eigenvalue weighted by Crippen LogP contribution is 2.17. The molecule has 6 heteroatoms. The van der Waals surface area contributed by atoms with E-state index in [2.05, 4.69) is 21.2 Å². The van der Waals surface area contributed by atoms with E-state index in [1.54, 1.807) is 0 Å². The molecule has 1 rings (SSSR count). The largest absolute Gasteiger partial charge is 0.368 e. The van der Waals surface area contributed by atoms with Crippen molar-refractivity contribution in [3.05, 3.63) is 34.1 Å². The van der Waals surface area contributed by atoms with Gasteiger partial charge in [-0.15, -0.1) is 0 Å². The second kappa shape index (κ2) is 5.07. The lowest BCUT2D eigenvalue weighted by Gasteiger charge is -2.10. The van der Waals surface area contributed by atoms with E-state index in [9.17, 15) is 14.0 Å².